The summed E-state index contributed by atoms with van der Waals surface area (Å²) in [5.41, 5.74) is 9.13. The molecule has 16 heteroatoms. The van der Waals surface area contributed by atoms with Gasteiger partial charge in [-0.3, -0.25) is 0 Å². The monoisotopic (exact) mass is 2090 g/mol. The molecule has 820 valence electrons. The topological polar surface area (TPSA) is 0 Å². The third kappa shape index (κ3) is 34.2. The smallest absolute Gasteiger partial charge is 0.162 e. The van der Waals surface area contributed by atoms with E-state index in [9.17, 15) is 61.5 Å². The summed E-state index contributed by atoms with van der Waals surface area (Å²) in [6, 6.07) is 28.5. The molecular formula is C130H188Cl2F14. The average Bonchev–Trinajstić information content (AvgIpc) is 0.843. The Morgan fingerprint density at radius 3 is 0.774 bits per heavy atom. The van der Waals surface area contributed by atoms with E-state index < -0.39 is 69.8 Å². The zero-order valence-corrected chi connectivity index (χ0v) is 91.8. The first kappa shape index (κ1) is 120. The van der Waals surface area contributed by atoms with Crippen molar-refractivity contribution in [3.63, 3.8) is 0 Å². The Kier molecular flexibility index (Phi) is 49.3. The minimum Gasteiger partial charge on any atom is -0.205 e. The molecule has 8 aromatic rings. The standard InChI is InChI=1S/C20H28F2.2C18H24F2.C17H22F2.C15H18F2.2C14H18ClF.C14H18F2.9H2/c1-13-3-6-15(7-4-13)16-8-10-17(11-9-16)18-12-5-14(2)19(21)20(18)22;2*1-3-4-5-6-14-8-10-15(11-9-14)16-12-7-13(2)17(19)18(16)20;1-3-4-5-13-7-9-14(10-8-13)15-11-6-12(2)16(18)17(15)19;1-3-11-5-7-12(8-6-11)13-9-4-10(2)14(16)15(13)17;1-9-3-6-11(7-4-9)12-8-5-10(2)14(16)13(12)15;2*1-9-3-6-11(7-4-9)12-8-5-10(2)13(15)14(12)16;;;;;;;;;/h5,12-13,15-17H,3-4,6-11H2,1-2H3;5-7,12,14-15H,3-4,8-11H2,1-2H3;3-4,7,12,14-15H,5-6,8-11H2,1-2H3;3,6,11,13-14H,1,4-5,7-10H2,2H3;3-4,9,11-12H,1,5-8H2,2H3;3*5,8-9,11H,3-4,6-7H2,1-2H3;9*1H/b;6-5+;4-3+;;;;;;;;;;;;;;. The van der Waals surface area contributed by atoms with Gasteiger partial charge in [0.1, 0.15) is 11.6 Å². The molecule has 0 unspecified atom stereocenters. The van der Waals surface area contributed by atoms with Crippen LogP contribution in [0, 0.1) is 196 Å². The van der Waals surface area contributed by atoms with Crippen LogP contribution in [0.2, 0.25) is 10.0 Å². The Morgan fingerprint density at radius 1 is 0.253 bits per heavy atom. The third-order valence-electron chi connectivity index (χ3n) is 34.7. The Balaban J connectivity index is 0.000000880. The van der Waals surface area contributed by atoms with Crippen LogP contribution in [0.3, 0.4) is 0 Å². The van der Waals surface area contributed by atoms with E-state index in [2.05, 4.69) is 72.1 Å². The number of aryl methyl sites for hydroxylation is 8. The van der Waals surface area contributed by atoms with Crippen molar-refractivity contribution >= 4 is 23.2 Å². The fourth-order valence-corrected chi connectivity index (χ4v) is 24.8. The maximum absolute atomic E-state index is 14.2. The molecule has 8 aromatic carbocycles. The van der Waals surface area contributed by atoms with Crippen molar-refractivity contribution in [2.45, 2.75) is 414 Å². The van der Waals surface area contributed by atoms with Gasteiger partial charge in [-0.1, -0.05) is 249 Å². The highest BCUT2D eigenvalue weighted by Gasteiger charge is 2.36. The first-order valence-corrected chi connectivity index (χ1v) is 56.7. The van der Waals surface area contributed by atoms with E-state index in [0.29, 0.717) is 106 Å². The molecule has 9 aliphatic rings. The molecule has 0 amide bonds. The van der Waals surface area contributed by atoms with E-state index >= 15 is 0 Å². The molecule has 0 spiro atoms. The normalized spacial score (nSPS) is 25.7. The molecule has 0 N–H and O–H groups in total. The van der Waals surface area contributed by atoms with Gasteiger partial charge in [0.2, 0.25) is 0 Å². The number of unbranched alkanes of at least 4 members (excludes halogenated alkanes) is 1. The van der Waals surface area contributed by atoms with E-state index in [4.69, 9.17) is 23.2 Å². The summed E-state index contributed by atoms with van der Waals surface area (Å²) in [6.07, 6.45) is 59.7. The Morgan fingerprint density at radius 2 is 0.486 bits per heavy atom. The number of rotatable bonds is 19. The molecule has 0 bridgehead atoms. The minimum atomic E-state index is -0.687. The van der Waals surface area contributed by atoms with E-state index in [1.807, 2.05) is 50.3 Å². The van der Waals surface area contributed by atoms with Crippen LogP contribution in [0.15, 0.2) is 147 Å². The van der Waals surface area contributed by atoms with Crippen molar-refractivity contribution in [2.75, 3.05) is 0 Å². The van der Waals surface area contributed by atoms with Gasteiger partial charge in [-0.05, 0) is 470 Å². The molecule has 9 saturated carbocycles. The van der Waals surface area contributed by atoms with Gasteiger partial charge in [-0.15, -0.1) is 13.2 Å². The number of halogens is 16. The summed E-state index contributed by atoms with van der Waals surface area (Å²) in [6.45, 7) is 34.2. The van der Waals surface area contributed by atoms with E-state index in [0.717, 1.165) is 250 Å². The number of benzene rings is 8. The Bertz CT molecular complexity index is 5310. The molecule has 0 radical (unpaired) electrons. The Labute approximate surface area is 892 Å². The van der Waals surface area contributed by atoms with Gasteiger partial charge in [0.05, 0.1) is 10.0 Å². The summed E-state index contributed by atoms with van der Waals surface area (Å²) in [5.74, 6) is 1.37. The number of hydrogen-bond acceptors (Lipinski definition) is 0. The van der Waals surface area contributed by atoms with Crippen molar-refractivity contribution in [1.29, 1.82) is 0 Å². The fourth-order valence-electron chi connectivity index (χ4n) is 24.3. The van der Waals surface area contributed by atoms with Crippen LogP contribution >= 0.6 is 23.2 Å². The van der Waals surface area contributed by atoms with Crippen molar-refractivity contribution in [1.82, 2.24) is 0 Å². The molecule has 0 saturated heterocycles. The largest absolute Gasteiger partial charge is 0.205 e. The highest BCUT2D eigenvalue weighted by Crippen LogP contribution is 2.50. The predicted molar refractivity (Wildman–Crippen MR) is 601 cm³/mol. The predicted octanol–water partition coefficient (Wildman–Crippen LogP) is 45.4. The van der Waals surface area contributed by atoms with Crippen LogP contribution in [0.5, 0.6) is 0 Å². The summed E-state index contributed by atoms with van der Waals surface area (Å²) in [4.78, 5) is 0. The molecule has 9 aliphatic carbocycles. The Hall–Kier alpha value is -7.68. The average molecular weight is 2090 g/mol. The molecule has 9 fully saturated rings. The van der Waals surface area contributed by atoms with E-state index in [1.165, 1.54) is 83.5 Å². The summed E-state index contributed by atoms with van der Waals surface area (Å²) < 4.78 is 193. The first-order chi connectivity index (χ1) is 69.9. The van der Waals surface area contributed by atoms with Gasteiger partial charge < -0.3 is 0 Å². The van der Waals surface area contributed by atoms with E-state index in [1.54, 1.807) is 121 Å². The lowest BCUT2D eigenvalue weighted by Crippen LogP contribution is -2.25. The van der Waals surface area contributed by atoms with Crippen molar-refractivity contribution in [2.24, 2.45) is 59.2 Å². The van der Waals surface area contributed by atoms with Gasteiger partial charge in [-0.25, -0.2) is 61.5 Å². The maximum atomic E-state index is 14.2. The second kappa shape index (κ2) is 59.9. The van der Waals surface area contributed by atoms with Crippen LogP contribution in [-0.4, -0.2) is 0 Å². The second-order valence-electron chi connectivity index (χ2n) is 45.4. The minimum absolute atomic E-state index is 0. The zero-order valence-electron chi connectivity index (χ0n) is 90.3. The van der Waals surface area contributed by atoms with Gasteiger partial charge in [0.25, 0.3) is 0 Å². The van der Waals surface area contributed by atoms with Crippen molar-refractivity contribution < 1.29 is 74.3 Å². The van der Waals surface area contributed by atoms with Gasteiger partial charge >= 0.3 is 0 Å². The molecule has 0 aromatic heterocycles. The maximum Gasteiger partial charge on any atom is 0.162 e. The molecular weight excluding hydrogens is 1900 g/mol. The lowest BCUT2D eigenvalue weighted by atomic mass is 9.68. The quantitative estimate of drug-likeness (QED) is 0.0559. The van der Waals surface area contributed by atoms with Gasteiger partial charge in [0, 0.05) is 12.8 Å². The van der Waals surface area contributed by atoms with Crippen LogP contribution in [-0.2, 0) is 0 Å². The summed E-state index contributed by atoms with van der Waals surface area (Å²) in [5, 5.41) is 0.649. The third-order valence-corrected chi connectivity index (χ3v) is 35.5. The van der Waals surface area contributed by atoms with Crippen LogP contribution in [0.4, 0.5) is 61.5 Å². The summed E-state index contributed by atoms with van der Waals surface area (Å²) >= 11 is 12.0. The van der Waals surface area contributed by atoms with E-state index in [-0.39, 0.29) is 60.0 Å². The molecule has 0 heterocycles. The SMILES string of the molecule is C/C=C/CCC1CCC(c2ccc(C)c(F)c2F)CC1.C=CC1CCC(c2ccc(C)c(F)c2F)CC1.C=CCCC1CCC(c2ccc(C)c(F)c2F)CC1.CCC/C=C/C1CCC(c2ccc(C)c(F)c2F)CC1.Cc1ccc(C2CCC(C)CC2)c(Cl)c1F.Cc1ccc(C2CCC(C)CC2)c(F)c1Cl.Cc1ccc(C2CCC(C)CC2)c(F)c1F.Cc1ccc(C2CCC(C3CCC(C)CC3)CC2)c(F)c1F.[HH].[HH].[HH].[HH].[HH].[HH].[HH].[HH].[HH]. The second-order valence-corrected chi connectivity index (χ2v) is 46.2. The highest BCUT2D eigenvalue weighted by atomic mass is 35.5. The zero-order chi connectivity index (χ0) is 106. The molecule has 17 rings (SSSR count). The molecule has 146 heavy (non-hydrogen) atoms. The summed E-state index contributed by atoms with van der Waals surface area (Å²) in [7, 11) is 0. The number of hydrogen-bond donors (Lipinski definition) is 0. The number of allylic oxidation sites excluding steroid dienone is 6. The van der Waals surface area contributed by atoms with Crippen molar-refractivity contribution in [3.05, 3.63) is 327 Å². The van der Waals surface area contributed by atoms with Crippen molar-refractivity contribution in [3.8, 4) is 0 Å². The van der Waals surface area contributed by atoms with Crippen LogP contribution in [0.1, 0.15) is 460 Å². The van der Waals surface area contributed by atoms with Gasteiger partial charge in [0.15, 0.2) is 69.8 Å². The fraction of sp³-hybridized carbons (Fsp3) is 0.569. The lowest BCUT2D eigenvalue weighted by molar-refractivity contribution is 0.164. The van der Waals surface area contributed by atoms with Crippen LogP contribution < -0.4 is 0 Å². The molecule has 0 aliphatic heterocycles. The molecule has 0 nitrogen and oxygen atoms in total. The van der Waals surface area contributed by atoms with Gasteiger partial charge in [-0.2, -0.15) is 0 Å². The lowest BCUT2D eigenvalue weighted by Gasteiger charge is -2.37. The highest BCUT2D eigenvalue weighted by molar-refractivity contribution is 6.32. The molecule has 0 atom stereocenters. The van der Waals surface area contributed by atoms with Crippen LogP contribution in [0.25, 0.3) is 0 Å². The first-order valence-electron chi connectivity index (χ1n) is 55.9.